The zero-order valence-electron chi connectivity index (χ0n) is 10.9. The summed E-state index contributed by atoms with van der Waals surface area (Å²) in [5.41, 5.74) is 0.541. The van der Waals surface area contributed by atoms with Crippen molar-refractivity contribution in [2.24, 2.45) is 5.41 Å². The van der Waals surface area contributed by atoms with Gasteiger partial charge in [0.2, 0.25) is 0 Å². The van der Waals surface area contributed by atoms with Gasteiger partial charge in [-0.3, -0.25) is 4.79 Å². The fourth-order valence-electron chi connectivity index (χ4n) is 2.55. The quantitative estimate of drug-likeness (QED) is 0.866. The molecule has 2 rings (SSSR count). The van der Waals surface area contributed by atoms with E-state index >= 15 is 0 Å². The van der Waals surface area contributed by atoms with Gasteiger partial charge in [0.15, 0.2) is 0 Å². The van der Waals surface area contributed by atoms with Crippen LogP contribution in [0.4, 0.5) is 5.82 Å². The molecule has 0 amide bonds. The number of pyridine rings is 1. The van der Waals surface area contributed by atoms with Gasteiger partial charge in [-0.2, -0.15) is 5.26 Å². The minimum Gasteiger partial charge on any atom is -0.481 e. The van der Waals surface area contributed by atoms with Gasteiger partial charge in [0, 0.05) is 12.2 Å². The fourth-order valence-corrected chi connectivity index (χ4v) is 2.55. The van der Waals surface area contributed by atoms with E-state index < -0.39 is 11.4 Å². The Balaban J connectivity index is 2.16. The maximum atomic E-state index is 11.4. The fraction of sp³-hybridized carbons (Fsp3) is 0.500. The van der Waals surface area contributed by atoms with Crippen LogP contribution in [0.2, 0.25) is 0 Å². The molecule has 19 heavy (non-hydrogen) atoms. The third-order valence-corrected chi connectivity index (χ3v) is 3.76. The highest BCUT2D eigenvalue weighted by atomic mass is 16.4. The molecule has 1 aromatic heterocycles. The number of hydrogen-bond donors (Lipinski definition) is 2. The van der Waals surface area contributed by atoms with Crippen molar-refractivity contribution in [1.82, 2.24) is 4.98 Å². The average molecular weight is 259 g/mol. The lowest BCUT2D eigenvalue weighted by Crippen LogP contribution is -2.35. The summed E-state index contributed by atoms with van der Waals surface area (Å²) in [6.07, 6.45) is 3.26. The number of carboxylic acids is 1. The second kappa shape index (κ2) is 5.27. The Morgan fingerprint density at radius 3 is 2.79 bits per heavy atom. The van der Waals surface area contributed by atoms with Gasteiger partial charge in [-0.15, -0.1) is 0 Å². The molecule has 0 aromatic carbocycles. The molecule has 0 unspecified atom stereocenters. The Morgan fingerprint density at radius 1 is 1.53 bits per heavy atom. The van der Waals surface area contributed by atoms with Crippen LogP contribution < -0.4 is 5.32 Å². The van der Waals surface area contributed by atoms with Crippen molar-refractivity contribution in [2.75, 3.05) is 11.9 Å². The van der Waals surface area contributed by atoms with Gasteiger partial charge in [-0.1, -0.05) is 12.8 Å². The summed E-state index contributed by atoms with van der Waals surface area (Å²) < 4.78 is 0. The monoisotopic (exact) mass is 259 g/mol. The molecule has 1 heterocycles. The lowest BCUT2D eigenvalue weighted by atomic mass is 9.86. The summed E-state index contributed by atoms with van der Waals surface area (Å²) in [4.78, 5) is 15.7. The standard InChI is InChI=1S/C14H17N3O2/c1-10-4-5-11(8-15)12(17-10)16-9-14(13(18)19)6-2-3-7-14/h4-5H,2-3,6-7,9H2,1H3,(H,16,17)(H,18,19). The molecule has 0 aliphatic heterocycles. The molecule has 1 aliphatic rings. The second-order valence-electron chi connectivity index (χ2n) is 5.11. The molecular weight excluding hydrogens is 242 g/mol. The smallest absolute Gasteiger partial charge is 0.311 e. The maximum Gasteiger partial charge on any atom is 0.311 e. The van der Waals surface area contributed by atoms with Crippen LogP contribution in [0.25, 0.3) is 0 Å². The summed E-state index contributed by atoms with van der Waals surface area (Å²) in [7, 11) is 0. The lowest BCUT2D eigenvalue weighted by Gasteiger charge is -2.24. The largest absolute Gasteiger partial charge is 0.481 e. The van der Waals surface area contributed by atoms with Gasteiger partial charge in [0.1, 0.15) is 11.9 Å². The lowest BCUT2D eigenvalue weighted by molar-refractivity contribution is -0.147. The maximum absolute atomic E-state index is 11.4. The molecule has 0 spiro atoms. The van der Waals surface area contributed by atoms with E-state index in [-0.39, 0.29) is 0 Å². The molecule has 1 fully saturated rings. The Morgan fingerprint density at radius 2 is 2.21 bits per heavy atom. The summed E-state index contributed by atoms with van der Waals surface area (Å²) in [6, 6.07) is 5.54. The van der Waals surface area contributed by atoms with Crippen molar-refractivity contribution in [3.8, 4) is 6.07 Å². The van der Waals surface area contributed by atoms with E-state index in [0.717, 1.165) is 18.5 Å². The van der Waals surface area contributed by atoms with Crippen molar-refractivity contribution >= 4 is 11.8 Å². The van der Waals surface area contributed by atoms with Crippen molar-refractivity contribution in [3.05, 3.63) is 23.4 Å². The highest BCUT2D eigenvalue weighted by Crippen LogP contribution is 2.38. The van der Waals surface area contributed by atoms with Gasteiger partial charge in [-0.25, -0.2) is 4.98 Å². The number of rotatable bonds is 4. The highest BCUT2D eigenvalue weighted by Gasteiger charge is 2.41. The van der Waals surface area contributed by atoms with Crippen LogP contribution >= 0.6 is 0 Å². The van der Waals surface area contributed by atoms with Crippen molar-refractivity contribution in [2.45, 2.75) is 32.6 Å². The number of carbonyl (C=O) groups is 1. The van der Waals surface area contributed by atoms with Crippen LogP contribution in [0, 0.1) is 23.7 Å². The van der Waals surface area contributed by atoms with Crippen LogP contribution in [0.3, 0.4) is 0 Å². The van der Waals surface area contributed by atoms with E-state index in [1.54, 1.807) is 12.1 Å². The molecule has 1 aliphatic carbocycles. The van der Waals surface area contributed by atoms with Crippen LogP contribution in [-0.4, -0.2) is 22.6 Å². The predicted molar refractivity (Wildman–Crippen MR) is 70.7 cm³/mol. The van der Waals surface area contributed by atoms with E-state index in [9.17, 15) is 9.90 Å². The summed E-state index contributed by atoms with van der Waals surface area (Å²) in [5, 5.41) is 21.5. The number of aliphatic carboxylic acids is 1. The van der Waals surface area contributed by atoms with Crippen molar-refractivity contribution in [1.29, 1.82) is 5.26 Å². The van der Waals surface area contributed by atoms with Crippen LogP contribution in [0.1, 0.15) is 36.9 Å². The number of aryl methyl sites for hydroxylation is 1. The molecule has 2 N–H and O–H groups in total. The van der Waals surface area contributed by atoms with Crippen molar-refractivity contribution < 1.29 is 9.90 Å². The van der Waals surface area contributed by atoms with Gasteiger partial charge < -0.3 is 10.4 Å². The molecule has 1 saturated carbocycles. The first-order valence-corrected chi connectivity index (χ1v) is 6.42. The minimum atomic E-state index is -0.760. The van der Waals surface area contributed by atoms with E-state index in [0.29, 0.717) is 30.8 Å². The molecule has 0 radical (unpaired) electrons. The van der Waals surface area contributed by atoms with E-state index in [2.05, 4.69) is 16.4 Å². The Kier molecular flexibility index (Phi) is 3.70. The molecule has 5 heteroatoms. The Bertz CT molecular complexity index is 528. The van der Waals surface area contributed by atoms with Gasteiger partial charge in [0.25, 0.3) is 0 Å². The zero-order chi connectivity index (χ0) is 13.9. The highest BCUT2D eigenvalue weighted by molar-refractivity contribution is 5.76. The topological polar surface area (TPSA) is 86.0 Å². The molecule has 5 nitrogen and oxygen atoms in total. The normalized spacial score (nSPS) is 16.8. The Labute approximate surface area is 112 Å². The number of nitriles is 1. The first-order valence-electron chi connectivity index (χ1n) is 6.42. The predicted octanol–water partition coefficient (Wildman–Crippen LogP) is 2.32. The number of anilines is 1. The molecule has 100 valence electrons. The molecule has 0 bridgehead atoms. The van der Waals surface area contributed by atoms with Crippen LogP contribution in [0.5, 0.6) is 0 Å². The first kappa shape index (κ1) is 13.3. The molecule has 0 saturated heterocycles. The third-order valence-electron chi connectivity index (χ3n) is 3.76. The van der Waals surface area contributed by atoms with Gasteiger partial charge >= 0.3 is 5.97 Å². The van der Waals surface area contributed by atoms with E-state index in [1.165, 1.54) is 0 Å². The first-order chi connectivity index (χ1) is 9.07. The Hall–Kier alpha value is -2.09. The SMILES string of the molecule is Cc1ccc(C#N)c(NCC2(C(=O)O)CCCC2)n1. The van der Waals surface area contributed by atoms with E-state index in [4.69, 9.17) is 5.26 Å². The van der Waals surface area contributed by atoms with Crippen molar-refractivity contribution in [3.63, 3.8) is 0 Å². The average Bonchev–Trinajstić information content (AvgIpc) is 2.86. The van der Waals surface area contributed by atoms with Crippen LogP contribution in [-0.2, 0) is 4.79 Å². The summed E-state index contributed by atoms with van der Waals surface area (Å²) in [6.45, 7) is 2.17. The molecule has 1 aromatic rings. The summed E-state index contributed by atoms with van der Waals surface area (Å²) >= 11 is 0. The van der Waals surface area contributed by atoms with Crippen LogP contribution in [0.15, 0.2) is 12.1 Å². The number of hydrogen-bond acceptors (Lipinski definition) is 4. The molecule has 0 atom stereocenters. The zero-order valence-corrected chi connectivity index (χ0v) is 10.9. The second-order valence-corrected chi connectivity index (χ2v) is 5.11. The number of aromatic nitrogens is 1. The van der Waals surface area contributed by atoms with Gasteiger partial charge in [-0.05, 0) is 31.9 Å². The van der Waals surface area contributed by atoms with E-state index in [1.807, 2.05) is 6.92 Å². The number of carboxylic acid groups (broad SMARTS) is 1. The third kappa shape index (κ3) is 2.68. The molecular formula is C14H17N3O2. The van der Waals surface area contributed by atoms with Gasteiger partial charge in [0.05, 0.1) is 11.0 Å². The number of nitrogens with zero attached hydrogens (tertiary/aromatic N) is 2. The minimum absolute atomic E-state index is 0.327. The summed E-state index contributed by atoms with van der Waals surface area (Å²) in [5.74, 6) is -0.279. The number of nitrogens with one attached hydrogen (secondary N) is 1.